The summed E-state index contributed by atoms with van der Waals surface area (Å²) in [5.41, 5.74) is 0.429. The number of halogens is 3. The first-order valence-electron chi connectivity index (χ1n) is 5.09. The van der Waals surface area contributed by atoms with Crippen LogP contribution in [0.15, 0.2) is 12.3 Å². The van der Waals surface area contributed by atoms with Gasteiger partial charge in [-0.1, -0.05) is 11.6 Å². The molecule has 2 atom stereocenters. The summed E-state index contributed by atoms with van der Waals surface area (Å²) in [4.78, 5) is 4.03. The van der Waals surface area contributed by atoms with Gasteiger partial charge in [-0.2, -0.15) is 14.0 Å². The molecule has 0 saturated heterocycles. The zero-order valence-corrected chi connectivity index (χ0v) is 9.49. The molecule has 0 amide bonds. The largest absolute Gasteiger partial charge is 0.431 e. The Balaban J connectivity index is 2.23. The number of aromatic nitrogens is 1. The van der Waals surface area contributed by atoms with Gasteiger partial charge >= 0.3 is 6.61 Å². The molecule has 1 aromatic rings. The molecule has 1 fully saturated rings. The average Bonchev–Trinajstić information content (AvgIpc) is 3.00. The van der Waals surface area contributed by atoms with Crippen molar-refractivity contribution in [3.05, 3.63) is 23.0 Å². The van der Waals surface area contributed by atoms with Crippen LogP contribution in [-0.4, -0.2) is 11.6 Å². The van der Waals surface area contributed by atoms with E-state index >= 15 is 0 Å². The van der Waals surface area contributed by atoms with E-state index in [-0.39, 0.29) is 22.6 Å². The third-order valence-corrected chi connectivity index (χ3v) is 3.02. The summed E-state index contributed by atoms with van der Waals surface area (Å²) in [6.45, 7) is -2.93. The molecule has 0 N–H and O–H groups in total. The standard InChI is InChI=1S/C11H9ClF2N2O/c12-8-2-4-16-9(10(8)17-11(13)14)7-5-6(7)1-3-15/h2,4,6-7,11H,1,5H2. The molecular weight excluding hydrogens is 250 g/mol. The highest BCUT2D eigenvalue weighted by Crippen LogP contribution is 2.52. The Hall–Kier alpha value is -1.41. The second-order valence-electron chi connectivity index (χ2n) is 3.85. The molecule has 6 heteroatoms. The van der Waals surface area contributed by atoms with Gasteiger partial charge in [0, 0.05) is 18.5 Å². The average molecular weight is 259 g/mol. The first-order chi connectivity index (χ1) is 8.13. The monoisotopic (exact) mass is 258 g/mol. The summed E-state index contributed by atoms with van der Waals surface area (Å²) >= 11 is 5.81. The summed E-state index contributed by atoms with van der Waals surface area (Å²) in [7, 11) is 0. The third kappa shape index (κ3) is 2.64. The van der Waals surface area contributed by atoms with Crippen molar-refractivity contribution < 1.29 is 13.5 Å². The molecule has 0 aliphatic heterocycles. The molecule has 1 aromatic heterocycles. The van der Waals surface area contributed by atoms with Crippen LogP contribution in [0.1, 0.15) is 24.5 Å². The van der Waals surface area contributed by atoms with Crippen molar-refractivity contribution in [3.8, 4) is 11.8 Å². The van der Waals surface area contributed by atoms with Gasteiger partial charge in [-0.25, -0.2) is 0 Å². The van der Waals surface area contributed by atoms with Crippen LogP contribution in [0, 0.1) is 17.2 Å². The summed E-state index contributed by atoms with van der Waals surface area (Å²) in [5, 5.41) is 8.69. The van der Waals surface area contributed by atoms with Gasteiger partial charge in [-0.15, -0.1) is 0 Å². The molecule has 0 spiro atoms. The molecule has 1 aliphatic rings. The van der Waals surface area contributed by atoms with Crippen molar-refractivity contribution in [2.45, 2.75) is 25.4 Å². The maximum absolute atomic E-state index is 12.2. The summed E-state index contributed by atoms with van der Waals surface area (Å²) < 4.78 is 28.9. The Morgan fingerprint density at radius 3 is 3.06 bits per heavy atom. The smallest absolute Gasteiger partial charge is 0.387 e. The second kappa shape index (κ2) is 4.84. The highest BCUT2D eigenvalue weighted by Gasteiger charge is 2.41. The summed E-state index contributed by atoms with van der Waals surface area (Å²) in [6, 6.07) is 3.46. The SMILES string of the molecule is N#CCC1CC1c1nccc(Cl)c1OC(F)F. The molecule has 17 heavy (non-hydrogen) atoms. The summed E-state index contributed by atoms with van der Waals surface area (Å²) in [6.07, 6.45) is 2.62. The van der Waals surface area contributed by atoms with E-state index in [4.69, 9.17) is 16.9 Å². The fraction of sp³-hybridized carbons (Fsp3) is 0.455. The van der Waals surface area contributed by atoms with Crippen LogP contribution >= 0.6 is 11.6 Å². The van der Waals surface area contributed by atoms with Crippen LogP contribution in [0.4, 0.5) is 8.78 Å². The van der Waals surface area contributed by atoms with Crippen molar-refractivity contribution >= 4 is 11.6 Å². The molecule has 2 rings (SSSR count). The van der Waals surface area contributed by atoms with Gasteiger partial charge in [0.2, 0.25) is 0 Å². The number of ether oxygens (including phenoxy) is 1. The minimum atomic E-state index is -2.93. The van der Waals surface area contributed by atoms with Crippen LogP contribution in [0.3, 0.4) is 0 Å². The van der Waals surface area contributed by atoms with Gasteiger partial charge in [0.15, 0.2) is 5.75 Å². The zero-order chi connectivity index (χ0) is 12.4. The Labute approximate surface area is 102 Å². The van der Waals surface area contributed by atoms with Crippen LogP contribution in [0.25, 0.3) is 0 Å². The van der Waals surface area contributed by atoms with Crippen LogP contribution in [0.2, 0.25) is 5.02 Å². The molecule has 2 unspecified atom stereocenters. The molecule has 0 radical (unpaired) electrons. The van der Waals surface area contributed by atoms with E-state index in [1.807, 2.05) is 0 Å². The lowest BCUT2D eigenvalue weighted by Gasteiger charge is -2.10. The third-order valence-electron chi connectivity index (χ3n) is 2.72. The molecule has 1 saturated carbocycles. The molecule has 1 heterocycles. The maximum Gasteiger partial charge on any atom is 0.387 e. The number of rotatable bonds is 4. The normalized spacial score (nSPS) is 22.3. The number of pyridine rings is 1. The maximum atomic E-state index is 12.2. The Bertz CT molecular complexity index is 461. The highest BCUT2D eigenvalue weighted by atomic mass is 35.5. The minimum Gasteiger partial charge on any atom is -0.431 e. The van der Waals surface area contributed by atoms with E-state index in [0.29, 0.717) is 12.1 Å². The lowest BCUT2D eigenvalue weighted by Crippen LogP contribution is -2.06. The van der Waals surface area contributed by atoms with Crippen molar-refractivity contribution in [2.24, 2.45) is 5.92 Å². The lowest BCUT2D eigenvalue weighted by atomic mass is 10.1. The fourth-order valence-corrected chi connectivity index (χ4v) is 2.03. The molecular formula is C11H9ClF2N2O. The van der Waals surface area contributed by atoms with Gasteiger partial charge < -0.3 is 4.74 Å². The van der Waals surface area contributed by atoms with Gasteiger partial charge in [0.1, 0.15) is 0 Å². The van der Waals surface area contributed by atoms with E-state index in [1.165, 1.54) is 12.3 Å². The van der Waals surface area contributed by atoms with Crippen molar-refractivity contribution in [1.82, 2.24) is 4.98 Å². The Morgan fingerprint density at radius 1 is 1.65 bits per heavy atom. The van der Waals surface area contributed by atoms with E-state index in [1.54, 1.807) is 0 Å². The number of alkyl halides is 2. The second-order valence-corrected chi connectivity index (χ2v) is 4.26. The van der Waals surface area contributed by atoms with E-state index < -0.39 is 6.61 Å². The summed E-state index contributed by atoms with van der Waals surface area (Å²) in [5.74, 6) is 0.114. The van der Waals surface area contributed by atoms with Crippen LogP contribution in [0.5, 0.6) is 5.75 Å². The predicted molar refractivity (Wildman–Crippen MR) is 57.0 cm³/mol. The van der Waals surface area contributed by atoms with Gasteiger partial charge in [-0.05, 0) is 18.4 Å². The number of nitriles is 1. The lowest BCUT2D eigenvalue weighted by molar-refractivity contribution is -0.0507. The minimum absolute atomic E-state index is 0.00194. The Kier molecular flexibility index (Phi) is 3.43. The predicted octanol–water partition coefficient (Wildman–Crippen LogP) is 3.35. The molecule has 0 bridgehead atoms. The number of nitrogens with zero attached hydrogens (tertiary/aromatic N) is 2. The van der Waals surface area contributed by atoms with Gasteiger partial charge in [0.05, 0.1) is 16.8 Å². The zero-order valence-electron chi connectivity index (χ0n) is 8.74. The van der Waals surface area contributed by atoms with Crippen molar-refractivity contribution in [2.75, 3.05) is 0 Å². The van der Waals surface area contributed by atoms with E-state index in [2.05, 4.69) is 15.8 Å². The number of hydrogen-bond acceptors (Lipinski definition) is 3. The Morgan fingerprint density at radius 2 is 2.41 bits per heavy atom. The van der Waals surface area contributed by atoms with Gasteiger partial charge in [0.25, 0.3) is 0 Å². The highest BCUT2D eigenvalue weighted by molar-refractivity contribution is 6.32. The fourth-order valence-electron chi connectivity index (χ4n) is 1.83. The van der Waals surface area contributed by atoms with Crippen LogP contribution in [-0.2, 0) is 0 Å². The molecule has 90 valence electrons. The van der Waals surface area contributed by atoms with Crippen molar-refractivity contribution in [3.63, 3.8) is 0 Å². The molecule has 3 nitrogen and oxygen atoms in total. The van der Waals surface area contributed by atoms with Crippen molar-refractivity contribution in [1.29, 1.82) is 5.26 Å². The van der Waals surface area contributed by atoms with Gasteiger partial charge in [-0.3, -0.25) is 4.98 Å². The molecule has 1 aliphatic carbocycles. The first kappa shape index (κ1) is 12.1. The van der Waals surface area contributed by atoms with Crippen LogP contribution < -0.4 is 4.74 Å². The van der Waals surface area contributed by atoms with E-state index in [9.17, 15) is 8.78 Å². The number of hydrogen-bond donors (Lipinski definition) is 0. The quantitative estimate of drug-likeness (QED) is 0.832. The first-order valence-corrected chi connectivity index (χ1v) is 5.47. The topological polar surface area (TPSA) is 45.9 Å². The molecule has 0 aromatic carbocycles. The van der Waals surface area contributed by atoms with E-state index in [0.717, 1.165) is 6.42 Å².